The molecule has 1 aliphatic rings. The van der Waals surface area contributed by atoms with Crippen LogP contribution in [0.1, 0.15) is 53.9 Å². The molecular weight excluding hydrogens is 272 g/mol. The van der Waals surface area contributed by atoms with Crippen LogP contribution in [0.2, 0.25) is 0 Å². The molecule has 0 bridgehead atoms. The standard InChI is InChI=1S/C20H26O2/c1-15(8-6-9-16(2)14-19(21)22)11-12-18-17(3)10-7-13-20(18,4)5/h6,8-9,14H,7,10,13H2,1-5H3,(H,21,22)/b9-6+,15-8-,16-14-. The first-order valence-electron chi connectivity index (χ1n) is 7.71. The zero-order valence-electron chi connectivity index (χ0n) is 14.3. The maximum absolute atomic E-state index is 10.5. The summed E-state index contributed by atoms with van der Waals surface area (Å²) in [6.45, 7) is 10.4. The molecule has 1 aliphatic carbocycles. The lowest BCUT2D eigenvalue weighted by Gasteiger charge is -2.31. The molecule has 0 aromatic heterocycles. The highest BCUT2D eigenvalue weighted by atomic mass is 16.4. The van der Waals surface area contributed by atoms with Crippen LogP contribution in [0, 0.1) is 17.3 Å². The van der Waals surface area contributed by atoms with Gasteiger partial charge in [0.15, 0.2) is 0 Å². The molecule has 2 heteroatoms. The van der Waals surface area contributed by atoms with Gasteiger partial charge < -0.3 is 5.11 Å². The van der Waals surface area contributed by atoms with E-state index in [9.17, 15) is 4.79 Å². The molecule has 0 saturated heterocycles. The minimum atomic E-state index is -0.926. The second kappa shape index (κ2) is 7.84. The Kier molecular flexibility index (Phi) is 6.43. The minimum Gasteiger partial charge on any atom is -0.478 e. The average Bonchev–Trinajstić information content (AvgIpc) is 2.36. The van der Waals surface area contributed by atoms with Crippen LogP contribution in [0.25, 0.3) is 0 Å². The molecule has 0 radical (unpaired) electrons. The van der Waals surface area contributed by atoms with Gasteiger partial charge in [0.25, 0.3) is 0 Å². The van der Waals surface area contributed by atoms with Gasteiger partial charge in [0.05, 0.1) is 0 Å². The summed E-state index contributed by atoms with van der Waals surface area (Å²) in [5, 5.41) is 8.64. The van der Waals surface area contributed by atoms with Gasteiger partial charge >= 0.3 is 5.97 Å². The van der Waals surface area contributed by atoms with Crippen LogP contribution in [-0.4, -0.2) is 11.1 Å². The maximum atomic E-state index is 10.5. The SMILES string of the molecule is CC1=C(C#C\C(C)=C/C=C/C(C)=C\C(=O)O)C(C)(C)CCC1. The number of aliphatic carboxylic acids is 1. The molecule has 2 nitrogen and oxygen atoms in total. The average molecular weight is 298 g/mol. The predicted molar refractivity (Wildman–Crippen MR) is 92.4 cm³/mol. The smallest absolute Gasteiger partial charge is 0.328 e. The van der Waals surface area contributed by atoms with Crippen molar-refractivity contribution in [1.82, 2.24) is 0 Å². The molecule has 1 rings (SSSR count). The van der Waals surface area contributed by atoms with Gasteiger partial charge in [-0.3, -0.25) is 0 Å². The quantitative estimate of drug-likeness (QED) is 0.450. The van der Waals surface area contributed by atoms with Crippen LogP contribution in [0.5, 0.6) is 0 Å². The molecule has 0 amide bonds. The number of rotatable bonds is 3. The van der Waals surface area contributed by atoms with Gasteiger partial charge in [-0.25, -0.2) is 4.79 Å². The monoisotopic (exact) mass is 298 g/mol. The molecule has 118 valence electrons. The molecule has 0 spiro atoms. The van der Waals surface area contributed by atoms with E-state index in [2.05, 4.69) is 32.6 Å². The van der Waals surface area contributed by atoms with Crippen LogP contribution in [0.3, 0.4) is 0 Å². The molecule has 0 aromatic rings. The zero-order chi connectivity index (χ0) is 16.8. The summed E-state index contributed by atoms with van der Waals surface area (Å²) in [4.78, 5) is 10.5. The van der Waals surface area contributed by atoms with Gasteiger partial charge in [0, 0.05) is 11.6 Å². The van der Waals surface area contributed by atoms with Crippen LogP contribution < -0.4 is 0 Å². The van der Waals surface area contributed by atoms with Crippen molar-refractivity contribution in [2.45, 2.75) is 53.9 Å². The van der Waals surface area contributed by atoms with E-state index in [0.29, 0.717) is 5.57 Å². The number of hydrogen-bond acceptors (Lipinski definition) is 1. The topological polar surface area (TPSA) is 37.3 Å². The van der Waals surface area contributed by atoms with Crippen molar-refractivity contribution in [3.05, 3.63) is 46.6 Å². The van der Waals surface area contributed by atoms with Gasteiger partial charge in [-0.1, -0.05) is 49.5 Å². The molecule has 0 aliphatic heterocycles. The minimum absolute atomic E-state index is 0.173. The van der Waals surface area contributed by atoms with Gasteiger partial charge in [0.2, 0.25) is 0 Å². The Hall–Kier alpha value is -2.01. The van der Waals surface area contributed by atoms with E-state index in [1.807, 2.05) is 19.1 Å². The second-order valence-corrected chi connectivity index (χ2v) is 6.58. The van der Waals surface area contributed by atoms with Crippen molar-refractivity contribution in [2.24, 2.45) is 5.41 Å². The predicted octanol–water partition coefficient (Wildman–Crippen LogP) is 5.05. The van der Waals surface area contributed by atoms with E-state index >= 15 is 0 Å². The van der Waals surface area contributed by atoms with Crippen molar-refractivity contribution < 1.29 is 9.90 Å². The maximum Gasteiger partial charge on any atom is 0.328 e. The highest BCUT2D eigenvalue weighted by molar-refractivity contribution is 5.81. The number of carbonyl (C=O) groups is 1. The number of carboxylic acid groups (broad SMARTS) is 1. The summed E-state index contributed by atoms with van der Waals surface area (Å²) >= 11 is 0. The normalized spacial score (nSPS) is 19.1. The summed E-state index contributed by atoms with van der Waals surface area (Å²) in [6.07, 6.45) is 10.3. The molecule has 0 fully saturated rings. The number of carboxylic acids is 1. The summed E-state index contributed by atoms with van der Waals surface area (Å²) in [5.41, 5.74) is 4.54. The van der Waals surface area contributed by atoms with E-state index in [1.165, 1.54) is 30.1 Å². The molecular formula is C20H26O2. The van der Waals surface area contributed by atoms with Crippen molar-refractivity contribution in [3.8, 4) is 11.8 Å². The fourth-order valence-electron chi connectivity index (χ4n) is 2.69. The lowest BCUT2D eigenvalue weighted by atomic mass is 9.73. The summed E-state index contributed by atoms with van der Waals surface area (Å²) < 4.78 is 0. The molecule has 0 unspecified atom stereocenters. The lowest BCUT2D eigenvalue weighted by molar-refractivity contribution is -0.131. The first kappa shape index (κ1) is 18.0. The van der Waals surface area contributed by atoms with Gasteiger partial charge in [-0.15, -0.1) is 0 Å². The van der Waals surface area contributed by atoms with E-state index in [1.54, 1.807) is 13.0 Å². The van der Waals surface area contributed by atoms with Crippen molar-refractivity contribution in [1.29, 1.82) is 0 Å². The molecule has 1 N–H and O–H groups in total. The van der Waals surface area contributed by atoms with E-state index in [-0.39, 0.29) is 5.41 Å². The Morgan fingerprint density at radius 2 is 2.00 bits per heavy atom. The fraction of sp³-hybridized carbons (Fsp3) is 0.450. The van der Waals surface area contributed by atoms with Gasteiger partial charge in [-0.05, 0) is 56.6 Å². The first-order chi connectivity index (χ1) is 10.2. The second-order valence-electron chi connectivity index (χ2n) is 6.58. The summed E-state index contributed by atoms with van der Waals surface area (Å²) in [7, 11) is 0. The van der Waals surface area contributed by atoms with Gasteiger partial charge in [0.1, 0.15) is 0 Å². The first-order valence-corrected chi connectivity index (χ1v) is 7.71. The van der Waals surface area contributed by atoms with Crippen LogP contribution in [0.4, 0.5) is 0 Å². The van der Waals surface area contributed by atoms with E-state index in [0.717, 1.165) is 12.0 Å². The molecule has 0 heterocycles. The third-order valence-electron chi connectivity index (χ3n) is 3.90. The van der Waals surface area contributed by atoms with Gasteiger partial charge in [-0.2, -0.15) is 0 Å². The highest BCUT2D eigenvalue weighted by Crippen LogP contribution is 2.39. The number of hydrogen-bond donors (Lipinski definition) is 1. The Morgan fingerprint density at radius 1 is 1.32 bits per heavy atom. The van der Waals surface area contributed by atoms with Crippen molar-refractivity contribution in [2.75, 3.05) is 0 Å². The van der Waals surface area contributed by atoms with Crippen molar-refractivity contribution in [3.63, 3.8) is 0 Å². The van der Waals surface area contributed by atoms with E-state index in [4.69, 9.17) is 5.11 Å². The van der Waals surface area contributed by atoms with Crippen LogP contribution >= 0.6 is 0 Å². The van der Waals surface area contributed by atoms with Crippen LogP contribution in [-0.2, 0) is 4.79 Å². The van der Waals surface area contributed by atoms with Crippen molar-refractivity contribution >= 4 is 5.97 Å². The van der Waals surface area contributed by atoms with Crippen LogP contribution in [0.15, 0.2) is 46.6 Å². The Balaban J connectivity index is 2.85. The Labute approximate surface area is 134 Å². The molecule has 0 atom stereocenters. The molecule has 0 aromatic carbocycles. The molecule has 22 heavy (non-hydrogen) atoms. The lowest BCUT2D eigenvalue weighted by Crippen LogP contribution is -2.19. The third kappa shape index (κ3) is 5.77. The summed E-state index contributed by atoms with van der Waals surface area (Å²) in [5.74, 6) is 5.64. The largest absolute Gasteiger partial charge is 0.478 e. The third-order valence-corrected chi connectivity index (χ3v) is 3.90. The van der Waals surface area contributed by atoms with E-state index < -0.39 is 5.97 Å². The zero-order valence-corrected chi connectivity index (χ0v) is 14.3. The Morgan fingerprint density at radius 3 is 2.59 bits per heavy atom. The Bertz CT molecular complexity index is 614. The fourth-order valence-corrected chi connectivity index (χ4v) is 2.69. The molecule has 0 saturated carbocycles. The number of allylic oxidation sites excluding steroid dienone is 7. The summed E-state index contributed by atoms with van der Waals surface area (Å²) in [6, 6.07) is 0. The highest BCUT2D eigenvalue weighted by Gasteiger charge is 2.27.